The van der Waals surface area contributed by atoms with Gasteiger partial charge in [-0.2, -0.15) is 0 Å². The minimum absolute atomic E-state index is 1.09. The van der Waals surface area contributed by atoms with Crippen molar-refractivity contribution < 1.29 is 0 Å². The molecule has 1 aromatic heterocycles. The third kappa shape index (κ3) is 1.63. The molecule has 1 nitrogen and oxygen atoms in total. The van der Waals surface area contributed by atoms with Crippen LogP contribution in [0.3, 0.4) is 0 Å². The van der Waals surface area contributed by atoms with E-state index < -0.39 is 0 Å². The topological polar surface area (TPSA) is 12.9 Å². The van der Waals surface area contributed by atoms with Gasteiger partial charge in [-0.05, 0) is 19.4 Å². The van der Waals surface area contributed by atoms with E-state index in [9.17, 15) is 0 Å². The van der Waals surface area contributed by atoms with Crippen LogP contribution >= 0.6 is 11.3 Å². The zero-order valence-electron chi connectivity index (χ0n) is 7.74. The van der Waals surface area contributed by atoms with Gasteiger partial charge in [0.1, 0.15) is 0 Å². The van der Waals surface area contributed by atoms with E-state index in [1.54, 1.807) is 11.3 Å². The van der Waals surface area contributed by atoms with Gasteiger partial charge >= 0.3 is 0 Å². The molecular weight excluding hydrogens is 178 g/mol. The first kappa shape index (κ1) is 8.45. The van der Waals surface area contributed by atoms with Crippen LogP contribution in [0.4, 0.5) is 0 Å². The maximum Gasteiger partial charge on any atom is 0.0813 e. The summed E-state index contributed by atoms with van der Waals surface area (Å²) in [7, 11) is 0. The number of nitrogens with zero attached hydrogens (tertiary/aromatic N) is 1. The molecule has 0 saturated heterocycles. The predicted molar refractivity (Wildman–Crippen MR) is 57.0 cm³/mol. The molecule has 0 aliphatic rings. The van der Waals surface area contributed by atoms with Gasteiger partial charge in [0.15, 0.2) is 0 Å². The Labute approximate surface area is 82.1 Å². The molecule has 1 heterocycles. The van der Waals surface area contributed by atoms with E-state index in [4.69, 9.17) is 0 Å². The van der Waals surface area contributed by atoms with E-state index in [-0.39, 0.29) is 0 Å². The van der Waals surface area contributed by atoms with Crippen molar-refractivity contribution in [3.05, 3.63) is 40.2 Å². The Hall–Kier alpha value is -1.15. The van der Waals surface area contributed by atoms with Crippen LogP contribution in [0.5, 0.6) is 0 Å². The van der Waals surface area contributed by atoms with Crippen molar-refractivity contribution in [1.82, 2.24) is 4.98 Å². The smallest absolute Gasteiger partial charge is 0.0813 e. The molecule has 0 spiro atoms. The normalized spacial score (nSPS) is 10.3. The van der Waals surface area contributed by atoms with Gasteiger partial charge in [-0.15, -0.1) is 11.3 Å². The Kier molecular flexibility index (Phi) is 2.15. The molecule has 0 bridgehead atoms. The standard InChI is InChI=1S/C11H11NS/c1-8-3-4-10(9(2)5-8)11-6-13-7-12-11/h3-7H,1-2H3. The summed E-state index contributed by atoms with van der Waals surface area (Å²) in [4.78, 5) is 4.30. The Morgan fingerprint density at radius 3 is 2.69 bits per heavy atom. The van der Waals surface area contributed by atoms with E-state index in [0.29, 0.717) is 0 Å². The van der Waals surface area contributed by atoms with Gasteiger partial charge in [-0.1, -0.05) is 23.8 Å². The molecule has 0 fully saturated rings. The third-order valence-electron chi connectivity index (χ3n) is 2.09. The lowest BCUT2D eigenvalue weighted by atomic mass is 10.0. The maximum atomic E-state index is 4.30. The van der Waals surface area contributed by atoms with E-state index in [0.717, 1.165) is 5.69 Å². The van der Waals surface area contributed by atoms with Crippen molar-refractivity contribution in [3.63, 3.8) is 0 Å². The molecule has 0 unspecified atom stereocenters. The number of benzene rings is 1. The fourth-order valence-electron chi connectivity index (χ4n) is 1.45. The number of thiazole rings is 1. The monoisotopic (exact) mass is 189 g/mol. The first-order valence-corrected chi connectivity index (χ1v) is 5.17. The molecular formula is C11H11NS. The highest BCUT2D eigenvalue weighted by Crippen LogP contribution is 2.23. The van der Waals surface area contributed by atoms with E-state index in [2.05, 4.69) is 42.4 Å². The molecule has 2 aromatic rings. The van der Waals surface area contributed by atoms with Crippen molar-refractivity contribution >= 4 is 11.3 Å². The SMILES string of the molecule is Cc1ccc(-c2cscn2)c(C)c1. The summed E-state index contributed by atoms with van der Waals surface area (Å²) in [6.45, 7) is 4.24. The second kappa shape index (κ2) is 3.30. The molecule has 1 aromatic carbocycles. The van der Waals surface area contributed by atoms with Crippen molar-refractivity contribution in [1.29, 1.82) is 0 Å². The molecule has 13 heavy (non-hydrogen) atoms. The Balaban J connectivity index is 2.53. The molecule has 0 atom stereocenters. The lowest BCUT2D eigenvalue weighted by Crippen LogP contribution is -1.83. The summed E-state index contributed by atoms with van der Waals surface area (Å²) in [6.07, 6.45) is 0. The second-order valence-electron chi connectivity index (χ2n) is 3.19. The molecule has 2 heteroatoms. The van der Waals surface area contributed by atoms with Gasteiger partial charge in [0.2, 0.25) is 0 Å². The van der Waals surface area contributed by atoms with Crippen molar-refractivity contribution in [2.45, 2.75) is 13.8 Å². The van der Waals surface area contributed by atoms with Gasteiger partial charge in [-0.25, -0.2) is 4.98 Å². The zero-order valence-corrected chi connectivity index (χ0v) is 8.56. The van der Waals surface area contributed by atoms with Gasteiger partial charge in [0.25, 0.3) is 0 Å². The van der Waals surface area contributed by atoms with E-state index >= 15 is 0 Å². The van der Waals surface area contributed by atoms with Crippen molar-refractivity contribution in [3.8, 4) is 11.3 Å². The molecule has 0 aliphatic heterocycles. The Bertz CT molecular complexity index is 404. The summed E-state index contributed by atoms with van der Waals surface area (Å²) in [5, 5.41) is 2.08. The summed E-state index contributed by atoms with van der Waals surface area (Å²) in [5.74, 6) is 0. The number of aromatic nitrogens is 1. The van der Waals surface area contributed by atoms with Crippen LogP contribution in [-0.4, -0.2) is 4.98 Å². The Morgan fingerprint density at radius 2 is 2.08 bits per heavy atom. The van der Waals surface area contributed by atoms with Crippen molar-refractivity contribution in [2.24, 2.45) is 0 Å². The predicted octanol–water partition coefficient (Wildman–Crippen LogP) is 3.43. The Morgan fingerprint density at radius 1 is 1.23 bits per heavy atom. The number of hydrogen-bond acceptors (Lipinski definition) is 2. The fourth-order valence-corrected chi connectivity index (χ4v) is 2.00. The van der Waals surface area contributed by atoms with Crippen molar-refractivity contribution in [2.75, 3.05) is 0 Å². The van der Waals surface area contributed by atoms with Gasteiger partial charge in [0, 0.05) is 10.9 Å². The molecule has 0 saturated carbocycles. The average molecular weight is 189 g/mol. The minimum Gasteiger partial charge on any atom is -0.245 e. The summed E-state index contributed by atoms with van der Waals surface area (Å²) in [6, 6.07) is 6.45. The number of hydrogen-bond donors (Lipinski definition) is 0. The van der Waals surface area contributed by atoms with Crippen LogP contribution in [0.25, 0.3) is 11.3 Å². The van der Waals surface area contributed by atoms with Crippen LogP contribution in [0, 0.1) is 13.8 Å². The molecule has 0 amide bonds. The summed E-state index contributed by atoms with van der Waals surface area (Å²) >= 11 is 1.64. The molecule has 2 rings (SSSR count). The summed E-state index contributed by atoms with van der Waals surface area (Å²) in [5.41, 5.74) is 6.80. The zero-order chi connectivity index (χ0) is 9.26. The first-order valence-electron chi connectivity index (χ1n) is 4.23. The minimum atomic E-state index is 1.09. The molecule has 0 N–H and O–H groups in total. The highest BCUT2D eigenvalue weighted by molar-refractivity contribution is 7.07. The largest absolute Gasteiger partial charge is 0.245 e. The van der Waals surface area contributed by atoms with Crippen LogP contribution in [0.2, 0.25) is 0 Å². The fraction of sp³-hybridized carbons (Fsp3) is 0.182. The molecule has 66 valence electrons. The molecule has 0 aliphatic carbocycles. The van der Waals surface area contributed by atoms with E-state index in [1.165, 1.54) is 16.7 Å². The van der Waals surface area contributed by atoms with Gasteiger partial charge in [-0.3, -0.25) is 0 Å². The maximum absolute atomic E-state index is 4.30. The average Bonchev–Trinajstić information content (AvgIpc) is 2.56. The van der Waals surface area contributed by atoms with Crippen LogP contribution in [-0.2, 0) is 0 Å². The highest BCUT2D eigenvalue weighted by atomic mass is 32.1. The lowest BCUT2D eigenvalue weighted by molar-refractivity contribution is 1.34. The first-order chi connectivity index (χ1) is 6.27. The molecule has 0 radical (unpaired) electrons. The number of rotatable bonds is 1. The van der Waals surface area contributed by atoms with Crippen LogP contribution in [0.1, 0.15) is 11.1 Å². The van der Waals surface area contributed by atoms with Crippen LogP contribution in [0.15, 0.2) is 29.1 Å². The third-order valence-corrected chi connectivity index (χ3v) is 2.68. The quantitative estimate of drug-likeness (QED) is 0.669. The van der Waals surface area contributed by atoms with Crippen LogP contribution < -0.4 is 0 Å². The van der Waals surface area contributed by atoms with Gasteiger partial charge < -0.3 is 0 Å². The number of aryl methyl sites for hydroxylation is 2. The van der Waals surface area contributed by atoms with E-state index in [1.807, 2.05) is 5.51 Å². The second-order valence-corrected chi connectivity index (χ2v) is 3.91. The highest BCUT2D eigenvalue weighted by Gasteiger charge is 2.02. The summed E-state index contributed by atoms with van der Waals surface area (Å²) < 4.78 is 0. The lowest BCUT2D eigenvalue weighted by Gasteiger charge is -2.02. The van der Waals surface area contributed by atoms with Gasteiger partial charge in [0.05, 0.1) is 11.2 Å².